The fourth-order valence-electron chi connectivity index (χ4n) is 7.74. The molecule has 7 atom stereocenters. The molecule has 6 rings (SSSR count). The molecule has 1 saturated heterocycles. The maximum Gasteiger partial charge on any atom is 0.427 e. The molecule has 1 aromatic carbocycles. The number of alkyl halides is 3. The van der Waals surface area contributed by atoms with Gasteiger partial charge in [0, 0.05) is 31.8 Å². The third kappa shape index (κ3) is 9.49. The van der Waals surface area contributed by atoms with Gasteiger partial charge in [-0.2, -0.15) is 18.2 Å². The fourth-order valence-corrected chi connectivity index (χ4v) is 9.10. The first-order valence-corrected chi connectivity index (χ1v) is 21.3. The Bertz CT molecular complexity index is 2110. The number of hydrogen-bond donors (Lipinski definition) is 3. The lowest BCUT2D eigenvalue weighted by Gasteiger charge is -2.34. The van der Waals surface area contributed by atoms with Gasteiger partial charge in [0.2, 0.25) is 33.3 Å². The molecule has 2 aromatic rings. The second-order valence-electron chi connectivity index (χ2n) is 17.0. The number of fused-ring (bicyclic) bond motifs is 3. The average molecular weight is 851 g/mol. The van der Waals surface area contributed by atoms with Crippen LogP contribution in [0.5, 0.6) is 11.6 Å². The van der Waals surface area contributed by atoms with Crippen LogP contribution < -0.4 is 29.7 Å². The Balaban J connectivity index is 1.37. The summed E-state index contributed by atoms with van der Waals surface area (Å²) in [7, 11) is 1.14. The maximum absolute atomic E-state index is 14.8. The van der Waals surface area contributed by atoms with Crippen LogP contribution in [0.1, 0.15) is 72.6 Å². The van der Waals surface area contributed by atoms with E-state index >= 15 is 0 Å². The van der Waals surface area contributed by atoms with Gasteiger partial charge >= 0.3 is 12.3 Å². The number of pyridine rings is 1. The molecule has 0 spiro atoms. The molecule has 2 saturated carbocycles. The minimum absolute atomic E-state index is 0.0392. The molecule has 0 unspecified atom stereocenters. The largest absolute Gasteiger partial charge is 0.497 e. The van der Waals surface area contributed by atoms with E-state index in [4.69, 9.17) is 19.2 Å². The molecule has 3 fully saturated rings. The number of alkyl carbamates (subject to hydrolysis) is 1. The van der Waals surface area contributed by atoms with E-state index in [0.717, 1.165) is 5.39 Å². The van der Waals surface area contributed by atoms with Crippen LogP contribution in [0, 0.1) is 17.8 Å². The molecule has 0 bridgehead atoms. The minimum atomic E-state index is -4.92. The molecule has 59 heavy (non-hydrogen) atoms. The van der Waals surface area contributed by atoms with Crippen LogP contribution in [0.2, 0.25) is 0 Å². The SMILES string of the molecule is COc1ccc2c(O[C@@H]3C[C@H]4C(=O)N[C@]5(C(=O)NS(=O)(=O)C6CC6)C[C@H]5/C=C\CC[C@@H](C)C[C@@H](C)[C@H](NC(=O)OC(C)(C)C(F)(F)F)C(=O)N4C3)nc(N(C)C)cc2c1. The molecule has 0 radical (unpaired) electrons. The maximum atomic E-state index is 14.8. The molecule has 19 heteroatoms. The van der Waals surface area contributed by atoms with Crippen molar-refractivity contribution in [1.82, 2.24) is 25.2 Å². The number of hydrogen-bond acceptors (Lipinski definition) is 11. The van der Waals surface area contributed by atoms with Crippen molar-refractivity contribution in [2.45, 2.75) is 113 Å². The zero-order valence-electron chi connectivity index (χ0n) is 34.2. The van der Waals surface area contributed by atoms with Gasteiger partial charge in [0.1, 0.15) is 35.3 Å². The normalized spacial score (nSPS) is 28.5. The van der Waals surface area contributed by atoms with Gasteiger partial charge in [0.05, 0.1) is 18.9 Å². The summed E-state index contributed by atoms with van der Waals surface area (Å²) in [4.78, 5) is 64.0. The van der Waals surface area contributed by atoms with Crippen molar-refractivity contribution < 1.29 is 55.0 Å². The highest BCUT2D eigenvalue weighted by molar-refractivity contribution is 7.91. The van der Waals surface area contributed by atoms with Gasteiger partial charge < -0.3 is 34.6 Å². The molecular weight excluding hydrogens is 798 g/mol. The number of benzene rings is 1. The number of allylic oxidation sites excluding steroid dienone is 1. The number of halogens is 3. The van der Waals surface area contributed by atoms with Crippen molar-refractivity contribution in [2.75, 3.05) is 32.6 Å². The highest BCUT2D eigenvalue weighted by Crippen LogP contribution is 2.46. The Hall–Kier alpha value is -4.81. The van der Waals surface area contributed by atoms with Crippen LogP contribution in [0.3, 0.4) is 0 Å². The predicted octanol–water partition coefficient (Wildman–Crippen LogP) is 4.59. The molecular formula is C40H53F3N6O9S. The number of carbonyl (C=O) groups excluding carboxylic acids is 4. The van der Waals surface area contributed by atoms with E-state index in [0.29, 0.717) is 62.9 Å². The number of rotatable bonds is 9. The Labute approximate surface area is 341 Å². The summed E-state index contributed by atoms with van der Waals surface area (Å²) >= 11 is 0. The molecule has 4 amide bonds. The number of ether oxygens (including phenoxy) is 3. The Kier molecular flexibility index (Phi) is 12.1. The van der Waals surface area contributed by atoms with Crippen molar-refractivity contribution in [1.29, 1.82) is 0 Å². The van der Waals surface area contributed by atoms with Crippen molar-refractivity contribution in [2.24, 2.45) is 17.8 Å². The Morgan fingerprint density at radius 2 is 1.78 bits per heavy atom. The van der Waals surface area contributed by atoms with Crippen molar-refractivity contribution in [3.8, 4) is 11.6 Å². The first kappa shape index (κ1) is 43.8. The van der Waals surface area contributed by atoms with E-state index < -0.39 is 86.4 Å². The van der Waals surface area contributed by atoms with Crippen LogP contribution in [0.4, 0.5) is 23.8 Å². The molecule has 2 aliphatic carbocycles. The van der Waals surface area contributed by atoms with Crippen LogP contribution in [-0.4, -0.2) is 111 Å². The van der Waals surface area contributed by atoms with Gasteiger partial charge in [-0.1, -0.05) is 26.0 Å². The Morgan fingerprint density at radius 3 is 2.42 bits per heavy atom. The highest BCUT2D eigenvalue weighted by atomic mass is 32.2. The lowest BCUT2D eigenvalue weighted by molar-refractivity contribution is -0.244. The zero-order valence-corrected chi connectivity index (χ0v) is 35.0. The summed E-state index contributed by atoms with van der Waals surface area (Å²) in [6, 6.07) is 4.37. The third-order valence-corrected chi connectivity index (χ3v) is 13.5. The first-order chi connectivity index (χ1) is 27.5. The van der Waals surface area contributed by atoms with Crippen molar-refractivity contribution >= 4 is 50.4 Å². The molecule has 3 heterocycles. The average Bonchev–Trinajstić information content (AvgIpc) is 4.07. The number of methoxy groups -OCH3 is 1. The summed E-state index contributed by atoms with van der Waals surface area (Å²) in [5, 5.41) is 5.82. The summed E-state index contributed by atoms with van der Waals surface area (Å²) in [6.07, 6.45) is -1.29. The minimum Gasteiger partial charge on any atom is -0.497 e. The zero-order chi connectivity index (χ0) is 43.2. The molecule has 324 valence electrons. The Morgan fingerprint density at radius 1 is 1.07 bits per heavy atom. The van der Waals surface area contributed by atoms with E-state index in [2.05, 4.69) is 15.4 Å². The van der Waals surface area contributed by atoms with E-state index in [-0.39, 0.29) is 31.2 Å². The van der Waals surface area contributed by atoms with Crippen LogP contribution in [0.25, 0.3) is 10.8 Å². The van der Waals surface area contributed by atoms with Crippen LogP contribution >= 0.6 is 0 Å². The molecule has 1 aromatic heterocycles. The van der Waals surface area contributed by atoms with Gasteiger partial charge in [-0.05, 0) is 93.9 Å². The second kappa shape index (κ2) is 16.3. The summed E-state index contributed by atoms with van der Waals surface area (Å²) < 4.78 is 86.0. The van der Waals surface area contributed by atoms with Crippen molar-refractivity contribution in [3.05, 3.63) is 36.4 Å². The molecule has 2 aliphatic heterocycles. The lowest BCUT2D eigenvalue weighted by Crippen LogP contribution is -2.59. The number of nitrogens with one attached hydrogen (secondary N) is 3. The summed E-state index contributed by atoms with van der Waals surface area (Å²) in [5.74, 6) is -2.35. The number of anilines is 1. The topological polar surface area (TPSA) is 186 Å². The van der Waals surface area contributed by atoms with Gasteiger partial charge in [0.15, 0.2) is 0 Å². The molecule has 4 aliphatic rings. The van der Waals surface area contributed by atoms with Crippen molar-refractivity contribution in [3.63, 3.8) is 0 Å². The van der Waals surface area contributed by atoms with Gasteiger partial charge in [0.25, 0.3) is 5.91 Å². The van der Waals surface area contributed by atoms with Crippen LogP contribution in [0.15, 0.2) is 36.4 Å². The van der Waals surface area contributed by atoms with E-state index in [1.54, 1.807) is 50.2 Å². The number of carbonyl (C=O) groups is 4. The number of sulfonamides is 1. The number of nitrogens with zero attached hydrogens (tertiary/aromatic N) is 3. The van der Waals surface area contributed by atoms with Gasteiger partial charge in [-0.15, -0.1) is 0 Å². The molecule has 15 nitrogen and oxygen atoms in total. The molecule has 3 N–H and O–H groups in total. The first-order valence-electron chi connectivity index (χ1n) is 19.8. The van der Waals surface area contributed by atoms with E-state index in [1.165, 1.54) is 12.0 Å². The summed E-state index contributed by atoms with van der Waals surface area (Å²) in [5.41, 5.74) is -4.52. The van der Waals surface area contributed by atoms with Gasteiger partial charge in [-0.3, -0.25) is 19.1 Å². The van der Waals surface area contributed by atoms with E-state index in [1.807, 2.05) is 19.1 Å². The third-order valence-electron chi connectivity index (χ3n) is 11.6. The highest BCUT2D eigenvalue weighted by Gasteiger charge is 2.62. The smallest absolute Gasteiger partial charge is 0.427 e. The standard InChI is InChI=1S/C40H53F3N6O9S/c1-22-10-8-9-11-25-20-39(25,36(52)47-59(54,55)28-13-14-28)46-33(50)30-19-27(57-34-29-15-12-26(56-7)17-24(29)18-31(44-34)48(5)6)21-49(30)35(51)32(23(2)16-22)45-37(53)58-38(3,4)40(41,42)43/h9,11-12,15,17-18,22-23,25,27-28,30,32H,8,10,13-14,16,19-21H2,1-7H3,(H,45,53)(H,46,50)(H,47,52)/b11-9-/t22-,23-,25-,27-,30+,32+,39-/m1/s1. The van der Waals surface area contributed by atoms with Crippen LogP contribution in [-0.2, 0) is 29.1 Å². The fraction of sp³-hybridized carbons (Fsp3) is 0.625. The quantitative estimate of drug-likeness (QED) is 0.300. The van der Waals surface area contributed by atoms with E-state index in [9.17, 15) is 40.8 Å². The number of amides is 4. The lowest BCUT2D eigenvalue weighted by atomic mass is 9.88. The predicted molar refractivity (Wildman–Crippen MR) is 211 cm³/mol. The summed E-state index contributed by atoms with van der Waals surface area (Å²) in [6.45, 7) is 4.80. The van der Waals surface area contributed by atoms with Gasteiger partial charge in [-0.25, -0.2) is 13.2 Å². The second-order valence-corrected chi connectivity index (χ2v) is 19.0. The monoisotopic (exact) mass is 850 g/mol. The number of aromatic nitrogens is 1.